The van der Waals surface area contributed by atoms with Crippen LogP contribution < -0.4 is 10.2 Å². The van der Waals surface area contributed by atoms with Gasteiger partial charge in [0, 0.05) is 29.9 Å². The monoisotopic (exact) mass is 402 g/mol. The summed E-state index contributed by atoms with van der Waals surface area (Å²) in [7, 11) is 0. The first-order valence-electron chi connectivity index (χ1n) is 8.41. The molecule has 0 spiro atoms. The van der Waals surface area contributed by atoms with Gasteiger partial charge in [-0.2, -0.15) is 0 Å². The lowest BCUT2D eigenvalue weighted by molar-refractivity contribution is -0.384. The van der Waals surface area contributed by atoms with Crippen LogP contribution in [-0.4, -0.2) is 20.6 Å². The van der Waals surface area contributed by atoms with E-state index in [4.69, 9.17) is 4.52 Å². The molecule has 2 heterocycles. The lowest BCUT2D eigenvalue weighted by atomic mass is 10.2. The number of thiazole rings is 1. The molecule has 1 amide bonds. The molecule has 10 heteroatoms. The topological polar surface area (TPSA) is 120 Å². The average molecular weight is 402 g/mol. The Balaban J connectivity index is 1.74. The van der Waals surface area contributed by atoms with Crippen molar-refractivity contribution in [1.82, 2.24) is 15.0 Å². The Hall–Kier alpha value is -3.27. The van der Waals surface area contributed by atoms with E-state index in [1.54, 1.807) is 32.9 Å². The van der Waals surface area contributed by atoms with Gasteiger partial charge in [-0.1, -0.05) is 28.6 Å². The standard InChI is InChI=1S/C18H18N4O5S/c1-10-15(12(3)27-20-10)9-21-11(2)16(28-18(21)24)17(23)19-8-13-4-6-14(7-5-13)22(25)26/h4-7H,8-9H2,1-3H3,(H,19,23). The summed E-state index contributed by atoms with van der Waals surface area (Å²) in [6.45, 7) is 5.79. The summed E-state index contributed by atoms with van der Waals surface area (Å²) < 4.78 is 6.65. The number of nitro groups is 1. The van der Waals surface area contributed by atoms with E-state index in [1.165, 1.54) is 16.7 Å². The third-order valence-electron chi connectivity index (χ3n) is 4.45. The zero-order chi connectivity index (χ0) is 20.4. The Morgan fingerprint density at radius 2 is 1.96 bits per heavy atom. The number of benzene rings is 1. The molecule has 3 rings (SSSR count). The van der Waals surface area contributed by atoms with Gasteiger partial charge in [0.25, 0.3) is 11.6 Å². The molecule has 0 saturated heterocycles. The van der Waals surface area contributed by atoms with E-state index in [9.17, 15) is 19.7 Å². The number of nitrogens with one attached hydrogen (secondary N) is 1. The lowest BCUT2D eigenvalue weighted by Crippen LogP contribution is -2.23. The molecule has 28 heavy (non-hydrogen) atoms. The zero-order valence-corrected chi connectivity index (χ0v) is 16.3. The highest BCUT2D eigenvalue weighted by Crippen LogP contribution is 2.18. The normalized spacial score (nSPS) is 10.8. The van der Waals surface area contributed by atoms with Crippen LogP contribution in [0, 0.1) is 30.9 Å². The smallest absolute Gasteiger partial charge is 0.308 e. The van der Waals surface area contributed by atoms with Crippen molar-refractivity contribution in [2.45, 2.75) is 33.9 Å². The van der Waals surface area contributed by atoms with Gasteiger partial charge >= 0.3 is 4.87 Å². The van der Waals surface area contributed by atoms with E-state index in [0.29, 0.717) is 22.0 Å². The molecule has 0 radical (unpaired) electrons. The maximum absolute atomic E-state index is 12.5. The Kier molecular flexibility index (Phi) is 5.41. The maximum Gasteiger partial charge on any atom is 0.308 e. The summed E-state index contributed by atoms with van der Waals surface area (Å²) in [6.07, 6.45) is 0. The van der Waals surface area contributed by atoms with Crippen molar-refractivity contribution in [2.24, 2.45) is 0 Å². The number of rotatable bonds is 6. The molecule has 9 nitrogen and oxygen atoms in total. The molecule has 1 aromatic carbocycles. The SMILES string of the molecule is Cc1noc(C)c1Cn1c(C)c(C(=O)NCc2ccc([N+](=O)[O-])cc2)sc1=O. The number of aromatic nitrogens is 2. The van der Waals surface area contributed by atoms with Gasteiger partial charge in [-0.15, -0.1) is 0 Å². The number of hydrogen-bond donors (Lipinski definition) is 1. The van der Waals surface area contributed by atoms with Crippen LogP contribution in [0.1, 0.15) is 37.9 Å². The molecule has 0 atom stereocenters. The van der Waals surface area contributed by atoms with Crippen molar-refractivity contribution >= 4 is 22.9 Å². The van der Waals surface area contributed by atoms with Crippen molar-refractivity contribution in [3.63, 3.8) is 0 Å². The number of carbonyl (C=O) groups excluding carboxylic acids is 1. The van der Waals surface area contributed by atoms with Gasteiger partial charge in [0.2, 0.25) is 0 Å². The van der Waals surface area contributed by atoms with Crippen LogP contribution in [0.15, 0.2) is 33.6 Å². The van der Waals surface area contributed by atoms with E-state index >= 15 is 0 Å². The summed E-state index contributed by atoms with van der Waals surface area (Å²) in [6, 6.07) is 5.92. The van der Waals surface area contributed by atoms with Crippen molar-refractivity contribution in [2.75, 3.05) is 0 Å². The van der Waals surface area contributed by atoms with Gasteiger partial charge in [0.15, 0.2) is 0 Å². The fraction of sp³-hybridized carbons (Fsp3) is 0.278. The fourth-order valence-corrected chi connectivity index (χ4v) is 3.66. The van der Waals surface area contributed by atoms with Gasteiger partial charge in [0.05, 0.1) is 17.2 Å². The van der Waals surface area contributed by atoms with Gasteiger partial charge in [-0.05, 0) is 26.3 Å². The average Bonchev–Trinajstić information content (AvgIpc) is 3.14. The predicted molar refractivity (Wildman–Crippen MR) is 103 cm³/mol. The molecule has 0 fully saturated rings. The van der Waals surface area contributed by atoms with Crippen LogP contribution in [0.25, 0.3) is 0 Å². The Morgan fingerprint density at radius 1 is 1.29 bits per heavy atom. The minimum atomic E-state index is -0.481. The molecule has 0 saturated carbocycles. The fourth-order valence-electron chi connectivity index (χ4n) is 2.75. The summed E-state index contributed by atoms with van der Waals surface area (Å²) in [5.41, 5.74) is 2.80. The highest BCUT2D eigenvalue weighted by Gasteiger charge is 2.20. The molecule has 0 aliphatic heterocycles. The number of nitro benzene ring substituents is 1. The first-order chi connectivity index (χ1) is 13.3. The Bertz CT molecular complexity index is 1070. The lowest BCUT2D eigenvalue weighted by Gasteiger charge is -2.07. The molecule has 0 unspecified atom stereocenters. The number of nitrogens with zero attached hydrogens (tertiary/aromatic N) is 3. The second-order valence-electron chi connectivity index (χ2n) is 6.28. The quantitative estimate of drug-likeness (QED) is 0.500. The predicted octanol–water partition coefficient (Wildman–Crippen LogP) is 2.71. The molecule has 0 aliphatic rings. The van der Waals surface area contributed by atoms with Crippen molar-refractivity contribution in [3.05, 3.63) is 77.2 Å². The summed E-state index contributed by atoms with van der Waals surface area (Å²) in [4.78, 5) is 35.2. The van der Waals surface area contributed by atoms with Crippen LogP contribution in [-0.2, 0) is 13.1 Å². The molecule has 1 N–H and O–H groups in total. The van der Waals surface area contributed by atoms with Gasteiger partial charge in [0.1, 0.15) is 10.6 Å². The summed E-state index contributed by atoms with van der Waals surface area (Å²) in [5.74, 6) is 0.273. The highest BCUT2D eigenvalue weighted by molar-refractivity contribution is 7.11. The van der Waals surface area contributed by atoms with E-state index in [2.05, 4.69) is 10.5 Å². The third kappa shape index (κ3) is 3.86. The number of amides is 1. The molecular weight excluding hydrogens is 384 g/mol. The molecule has 2 aromatic heterocycles. The van der Waals surface area contributed by atoms with Gasteiger partial charge in [-0.25, -0.2) is 0 Å². The van der Waals surface area contributed by atoms with Gasteiger partial charge in [-0.3, -0.25) is 24.3 Å². The van der Waals surface area contributed by atoms with E-state index in [0.717, 1.165) is 22.5 Å². The number of non-ortho nitro benzene ring substituents is 1. The molecular formula is C18H18N4O5S. The second kappa shape index (κ2) is 7.77. The minimum absolute atomic E-state index is 0.0134. The van der Waals surface area contributed by atoms with Crippen LogP contribution in [0.2, 0.25) is 0 Å². The molecule has 0 aliphatic carbocycles. The van der Waals surface area contributed by atoms with Gasteiger partial charge < -0.3 is 9.84 Å². The Morgan fingerprint density at radius 3 is 2.54 bits per heavy atom. The largest absolute Gasteiger partial charge is 0.361 e. The maximum atomic E-state index is 12.5. The van der Waals surface area contributed by atoms with E-state index in [-0.39, 0.29) is 29.6 Å². The minimum Gasteiger partial charge on any atom is -0.361 e. The number of carbonyl (C=O) groups is 1. The van der Waals surface area contributed by atoms with Crippen LogP contribution in [0.3, 0.4) is 0 Å². The number of aryl methyl sites for hydroxylation is 2. The molecule has 3 aromatic rings. The number of hydrogen-bond acceptors (Lipinski definition) is 7. The van der Waals surface area contributed by atoms with Crippen LogP contribution in [0.4, 0.5) is 5.69 Å². The first kappa shape index (κ1) is 19.5. The highest BCUT2D eigenvalue weighted by atomic mass is 32.1. The second-order valence-corrected chi connectivity index (χ2v) is 7.24. The van der Waals surface area contributed by atoms with Crippen molar-refractivity contribution in [3.8, 4) is 0 Å². The first-order valence-corrected chi connectivity index (χ1v) is 9.23. The van der Waals surface area contributed by atoms with E-state index in [1.807, 2.05) is 0 Å². The molecule has 0 bridgehead atoms. The summed E-state index contributed by atoms with van der Waals surface area (Å²) in [5, 5.41) is 17.3. The van der Waals surface area contributed by atoms with Crippen LogP contribution >= 0.6 is 11.3 Å². The Labute approximate surface area is 163 Å². The van der Waals surface area contributed by atoms with Crippen LogP contribution in [0.5, 0.6) is 0 Å². The molecule has 146 valence electrons. The van der Waals surface area contributed by atoms with E-state index < -0.39 is 4.92 Å². The third-order valence-corrected chi connectivity index (χ3v) is 5.53. The van der Waals surface area contributed by atoms with Crippen molar-refractivity contribution in [1.29, 1.82) is 0 Å². The zero-order valence-electron chi connectivity index (χ0n) is 15.5. The summed E-state index contributed by atoms with van der Waals surface area (Å²) >= 11 is 0.879. The van der Waals surface area contributed by atoms with Crippen molar-refractivity contribution < 1.29 is 14.2 Å².